The summed E-state index contributed by atoms with van der Waals surface area (Å²) in [6, 6.07) is 3.33. The smallest absolute Gasteiger partial charge is 0.385 e. The Morgan fingerprint density at radius 3 is 2.33 bits per heavy atom. The van der Waals surface area contributed by atoms with Crippen LogP contribution in [0.1, 0.15) is 24.0 Å². The zero-order valence-electron chi connectivity index (χ0n) is 9.43. The summed E-state index contributed by atoms with van der Waals surface area (Å²) >= 11 is 3.11. The number of ether oxygens (including phenoxy) is 1. The van der Waals surface area contributed by atoms with Crippen LogP contribution in [0.25, 0.3) is 0 Å². The van der Waals surface area contributed by atoms with E-state index < -0.39 is 17.3 Å². The Bertz CT molecular complexity index is 439. The number of aliphatic hydroxyl groups is 1. The average molecular weight is 325 g/mol. The molecule has 1 aliphatic heterocycles. The van der Waals surface area contributed by atoms with Gasteiger partial charge in [0.1, 0.15) is 0 Å². The van der Waals surface area contributed by atoms with Gasteiger partial charge in [0.25, 0.3) is 0 Å². The van der Waals surface area contributed by atoms with Crippen LogP contribution in [0, 0.1) is 0 Å². The van der Waals surface area contributed by atoms with E-state index in [-0.39, 0.29) is 4.47 Å². The first-order valence-corrected chi connectivity index (χ1v) is 6.30. The third-order valence-corrected chi connectivity index (χ3v) is 3.77. The van der Waals surface area contributed by atoms with Gasteiger partial charge in [-0.2, -0.15) is 13.2 Å². The number of hydrogen-bond donors (Lipinski definition) is 1. The van der Waals surface area contributed by atoms with E-state index in [0.717, 1.165) is 12.1 Å². The number of benzene rings is 1. The Kier molecular flexibility index (Phi) is 3.71. The van der Waals surface area contributed by atoms with Crippen LogP contribution in [0.4, 0.5) is 13.2 Å². The summed E-state index contributed by atoms with van der Waals surface area (Å²) in [6.45, 7) is 0.813. The second-order valence-corrected chi connectivity index (χ2v) is 5.19. The molecule has 0 saturated carbocycles. The maximum absolute atomic E-state index is 12.5. The summed E-state index contributed by atoms with van der Waals surface area (Å²) in [7, 11) is 0. The minimum atomic E-state index is -4.38. The molecule has 1 aromatic rings. The highest BCUT2D eigenvalue weighted by Gasteiger charge is 2.36. The Balaban J connectivity index is 2.35. The topological polar surface area (TPSA) is 29.5 Å². The highest BCUT2D eigenvalue weighted by molar-refractivity contribution is 9.10. The molecule has 100 valence electrons. The summed E-state index contributed by atoms with van der Waals surface area (Å²) in [6.07, 6.45) is -3.60. The molecular weight excluding hydrogens is 313 g/mol. The van der Waals surface area contributed by atoms with E-state index >= 15 is 0 Å². The average Bonchev–Trinajstić information content (AvgIpc) is 2.28. The maximum Gasteiger partial charge on any atom is 0.416 e. The van der Waals surface area contributed by atoms with Gasteiger partial charge in [0.15, 0.2) is 0 Å². The zero-order chi connectivity index (χ0) is 13.4. The van der Waals surface area contributed by atoms with Crippen LogP contribution in [-0.2, 0) is 16.5 Å². The van der Waals surface area contributed by atoms with Gasteiger partial charge in [-0.3, -0.25) is 0 Å². The number of hydrogen-bond acceptors (Lipinski definition) is 2. The van der Waals surface area contributed by atoms with Gasteiger partial charge in [0, 0.05) is 30.5 Å². The lowest BCUT2D eigenvalue weighted by molar-refractivity contribution is -0.137. The molecule has 6 heteroatoms. The van der Waals surface area contributed by atoms with Crippen molar-refractivity contribution in [3.63, 3.8) is 0 Å². The first kappa shape index (κ1) is 13.8. The van der Waals surface area contributed by atoms with Crippen LogP contribution < -0.4 is 0 Å². The van der Waals surface area contributed by atoms with Crippen LogP contribution in [0.5, 0.6) is 0 Å². The summed E-state index contributed by atoms with van der Waals surface area (Å²) in [5.41, 5.74) is -1.35. The van der Waals surface area contributed by atoms with Gasteiger partial charge in [-0.25, -0.2) is 0 Å². The highest BCUT2D eigenvalue weighted by atomic mass is 79.9. The van der Waals surface area contributed by atoms with Gasteiger partial charge in [-0.05, 0) is 17.7 Å². The lowest BCUT2D eigenvalue weighted by Gasteiger charge is -2.33. The van der Waals surface area contributed by atoms with E-state index in [0.29, 0.717) is 31.6 Å². The Morgan fingerprint density at radius 1 is 1.22 bits per heavy atom. The second kappa shape index (κ2) is 4.83. The Morgan fingerprint density at radius 2 is 1.83 bits per heavy atom. The van der Waals surface area contributed by atoms with Crippen LogP contribution in [0.15, 0.2) is 22.7 Å². The van der Waals surface area contributed by atoms with Crippen molar-refractivity contribution in [2.45, 2.75) is 24.6 Å². The molecule has 0 bridgehead atoms. The fourth-order valence-electron chi connectivity index (χ4n) is 2.05. The van der Waals surface area contributed by atoms with Gasteiger partial charge < -0.3 is 9.84 Å². The molecule has 1 aliphatic rings. The molecule has 0 amide bonds. The van der Waals surface area contributed by atoms with Gasteiger partial charge in [-0.15, -0.1) is 0 Å². The van der Waals surface area contributed by atoms with Crippen molar-refractivity contribution in [3.8, 4) is 0 Å². The molecule has 1 N–H and O–H groups in total. The second-order valence-electron chi connectivity index (χ2n) is 4.34. The molecule has 18 heavy (non-hydrogen) atoms. The molecule has 0 atom stereocenters. The molecule has 1 saturated heterocycles. The Labute approximate surface area is 111 Å². The minimum absolute atomic E-state index is 0.279. The van der Waals surface area contributed by atoms with Gasteiger partial charge in [0.05, 0.1) is 11.2 Å². The molecule has 1 fully saturated rings. The van der Waals surface area contributed by atoms with Crippen molar-refractivity contribution < 1.29 is 23.0 Å². The van der Waals surface area contributed by atoms with Crippen molar-refractivity contribution in [1.82, 2.24) is 0 Å². The first-order valence-electron chi connectivity index (χ1n) is 5.50. The van der Waals surface area contributed by atoms with Crippen LogP contribution in [-0.4, -0.2) is 18.3 Å². The van der Waals surface area contributed by atoms with Gasteiger partial charge in [0.2, 0.25) is 0 Å². The van der Waals surface area contributed by atoms with Crippen molar-refractivity contribution >= 4 is 15.9 Å². The lowest BCUT2D eigenvalue weighted by atomic mass is 9.86. The quantitative estimate of drug-likeness (QED) is 0.857. The van der Waals surface area contributed by atoms with Crippen LogP contribution in [0.2, 0.25) is 0 Å². The van der Waals surface area contributed by atoms with Crippen molar-refractivity contribution in [1.29, 1.82) is 0 Å². The lowest BCUT2D eigenvalue weighted by Crippen LogP contribution is -2.33. The van der Waals surface area contributed by atoms with E-state index in [1.165, 1.54) is 6.07 Å². The van der Waals surface area contributed by atoms with Crippen LogP contribution >= 0.6 is 15.9 Å². The summed E-state index contributed by atoms with van der Waals surface area (Å²) in [5, 5.41) is 10.4. The Hall–Kier alpha value is -0.590. The third-order valence-electron chi connectivity index (χ3n) is 3.12. The molecule has 0 unspecified atom stereocenters. The molecule has 0 aliphatic carbocycles. The molecular formula is C12H12BrF3O2. The zero-order valence-corrected chi connectivity index (χ0v) is 11.0. The minimum Gasteiger partial charge on any atom is -0.385 e. The van der Waals surface area contributed by atoms with Crippen molar-refractivity contribution in [2.24, 2.45) is 0 Å². The molecule has 2 rings (SSSR count). The summed E-state index contributed by atoms with van der Waals surface area (Å²) < 4.78 is 43.0. The fraction of sp³-hybridized carbons (Fsp3) is 0.500. The van der Waals surface area contributed by atoms with E-state index in [2.05, 4.69) is 15.9 Å². The molecule has 0 aromatic heterocycles. The number of alkyl halides is 3. The van der Waals surface area contributed by atoms with E-state index in [1.54, 1.807) is 0 Å². The largest absolute Gasteiger partial charge is 0.416 e. The standard InChI is InChI=1S/C12H12BrF3O2/c13-10-7-8(12(14,15)16)1-2-9(10)11(17)3-5-18-6-4-11/h1-2,7,17H,3-6H2. The molecule has 0 spiro atoms. The van der Waals surface area contributed by atoms with Crippen molar-refractivity contribution in [2.75, 3.05) is 13.2 Å². The predicted octanol–water partition coefficient (Wildman–Crippen LogP) is 3.47. The molecule has 0 radical (unpaired) electrons. The maximum atomic E-state index is 12.5. The normalized spacial score (nSPS) is 19.8. The molecule has 2 nitrogen and oxygen atoms in total. The highest BCUT2D eigenvalue weighted by Crippen LogP contribution is 2.39. The third kappa shape index (κ3) is 2.70. The van der Waals surface area contributed by atoms with E-state index in [4.69, 9.17) is 4.74 Å². The molecule has 1 aromatic carbocycles. The fourth-order valence-corrected chi connectivity index (χ4v) is 2.80. The SMILES string of the molecule is OC1(c2ccc(C(F)(F)F)cc2Br)CCOCC1. The summed E-state index contributed by atoms with van der Waals surface area (Å²) in [4.78, 5) is 0. The van der Waals surface area contributed by atoms with Crippen LogP contribution in [0.3, 0.4) is 0 Å². The monoisotopic (exact) mass is 324 g/mol. The van der Waals surface area contributed by atoms with E-state index in [9.17, 15) is 18.3 Å². The number of rotatable bonds is 1. The van der Waals surface area contributed by atoms with Gasteiger partial charge in [-0.1, -0.05) is 22.0 Å². The number of halogens is 4. The predicted molar refractivity (Wildman–Crippen MR) is 63.1 cm³/mol. The van der Waals surface area contributed by atoms with Gasteiger partial charge >= 0.3 is 6.18 Å². The summed E-state index contributed by atoms with van der Waals surface area (Å²) in [5.74, 6) is 0. The first-order chi connectivity index (χ1) is 8.33. The molecule has 1 heterocycles. The van der Waals surface area contributed by atoms with Crippen molar-refractivity contribution in [3.05, 3.63) is 33.8 Å². The van der Waals surface area contributed by atoms with E-state index in [1.807, 2.05) is 0 Å².